The van der Waals surface area contributed by atoms with Crippen molar-refractivity contribution in [2.75, 3.05) is 13.1 Å². The molecule has 6 nitrogen and oxygen atoms in total. The number of aromatic nitrogens is 3. The fourth-order valence-electron chi connectivity index (χ4n) is 4.59. The molecule has 2 aliphatic rings. The van der Waals surface area contributed by atoms with E-state index in [1.807, 2.05) is 11.5 Å². The van der Waals surface area contributed by atoms with E-state index >= 15 is 0 Å². The van der Waals surface area contributed by atoms with Crippen molar-refractivity contribution in [3.05, 3.63) is 57.1 Å². The van der Waals surface area contributed by atoms with Crippen molar-refractivity contribution in [1.29, 1.82) is 0 Å². The lowest BCUT2D eigenvalue weighted by Gasteiger charge is -2.20. The van der Waals surface area contributed by atoms with Crippen LogP contribution in [0.5, 0.6) is 0 Å². The molecule has 3 aromatic rings. The molecule has 1 aromatic carbocycles. The molecular weight excluding hydrogens is 395 g/mol. The normalized spacial score (nSPS) is 16.6. The van der Waals surface area contributed by atoms with Crippen LogP contribution in [0.3, 0.4) is 0 Å². The van der Waals surface area contributed by atoms with Crippen LogP contribution in [0, 0.1) is 12.7 Å². The maximum Gasteiger partial charge on any atom is 0.256 e. The summed E-state index contributed by atoms with van der Waals surface area (Å²) in [4.78, 5) is 16.7. The molecule has 1 N–H and O–H groups in total. The van der Waals surface area contributed by atoms with Crippen LogP contribution in [-0.2, 0) is 19.4 Å². The monoisotopic (exact) mass is 426 g/mol. The number of rotatable bonds is 3. The van der Waals surface area contributed by atoms with Crippen LogP contribution in [0.2, 0.25) is 0 Å². The van der Waals surface area contributed by atoms with Crippen molar-refractivity contribution >= 4 is 11.0 Å². The Morgan fingerprint density at radius 2 is 2.06 bits per heavy atom. The summed E-state index contributed by atoms with van der Waals surface area (Å²) in [7, 11) is 0. The van der Waals surface area contributed by atoms with E-state index in [9.17, 15) is 9.18 Å². The number of nitrogens with one attached hydrogen (secondary N) is 1. The number of benzene rings is 1. The van der Waals surface area contributed by atoms with E-state index in [2.05, 4.69) is 22.4 Å². The number of piperidine rings is 1. The Bertz CT molecular complexity index is 1100. The van der Waals surface area contributed by atoms with Gasteiger partial charge in [-0.1, -0.05) is 18.5 Å². The van der Waals surface area contributed by atoms with Gasteiger partial charge < -0.3 is 9.84 Å². The molecule has 1 fully saturated rings. The number of hydrogen-bond acceptors (Lipinski definition) is 5. The molecule has 4 heterocycles. The standard InChI is InChI=1S/C12H13FN2O.C12H18N2O/c13-9-1-2-10-11(7-9)16-15-12(10)8-3-5-14-6-4-8;1-3-6-10-9(2)13-11-7-4-5-8-14(11)12(10)15/h1-2,7-8,14H,3-6H2;3-8H2,1-2H3. The summed E-state index contributed by atoms with van der Waals surface area (Å²) < 4.78 is 20.0. The van der Waals surface area contributed by atoms with Crippen LogP contribution in [0.1, 0.15) is 67.7 Å². The number of hydrogen-bond donors (Lipinski definition) is 1. The van der Waals surface area contributed by atoms with Crippen LogP contribution >= 0.6 is 0 Å². The molecule has 0 amide bonds. The Labute approximate surface area is 181 Å². The number of fused-ring (bicyclic) bond motifs is 2. The van der Waals surface area contributed by atoms with Gasteiger partial charge in [-0.2, -0.15) is 0 Å². The minimum absolute atomic E-state index is 0.207. The lowest BCUT2D eigenvalue weighted by Crippen LogP contribution is -2.31. The maximum atomic E-state index is 13.0. The molecule has 0 bridgehead atoms. The molecule has 5 rings (SSSR count). The van der Waals surface area contributed by atoms with E-state index in [-0.39, 0.29) is 11.4 Å². The van der Waals surface area contributed by atoms with Crippen LogP contribution in [0.15, 0.2) is 27.5 Å². The largest absolute Gasteiger partial charge is 0.356 e. The van der Waals surface area contributed by atoms with Gasteiger partial charge >= 0.3 is 0 Å². The Kier molecular flexibility index (Phi) is 6.80. The topological polar surface area (TPSA) is 73.0 Å². The SMILES string of the molecule is CCCc1c(C)nc2n(c1=O)CCCC2.Fc1ccc2c(C3CCNCC3)noc2c1. The van der Waals surface area contributed by atoms with Gasteiger partial charge in [0.2, 0.25) is 0 Å². The molecule has 0 atom stereocenters. The fourth-order valence-corrected chi connectivity index (χ4v) is 4.59. The second-order valence-corrected chi connectivity index (χ2v) is 8.49. The predicted molar refractivity (Wildman–Crippen MR) is 119 cm³/mol. The quantitative estimate of drug-likeness (QED) is 0.677. The first-order chi connectivity index (χ1) is 15.1. The van der Waals surface area contributed by atoms with Gasteiger partial charge in [-0.15, -0.1) is 0 Å². The highest BCUT2D eigenvalue weighted by Crippen LogP contribution is 2.30. The summed E-state index contributed by atoms with van der Waals surface area (Å²) in [5.74, 6) is 1.15. The third-order valence-electron chi connectivity index (χ3n) is 6.27. The lowest BCUT2D eigenvalue weighted by molar-refractivity contribution is 0.403. The molecule has 0 spiro atoms. The summed E-state index contributed by atoms with van der Waals surface area (Å²) in [5, 5.41) is 8.36. The first kappa shape index (κ1) is 21.7. The Morgan fingerprint density at radius 1 is 1.26 bits per heavy atom. The van der Waals surface area contributed by atoms with Crippen LogP contribution in [-0.4, -0.2) is 27.8 Å². The molecule has 0 aliphatic carbocycles. The van der Waals surface area contributed by atoms with Crippen LogP contribution in [0.25, 0.3) is 11.0 Å². The number of nitrogens with zero attached hydrogens (tertiary/aromatic N) is 3. The maximum absolute atomic E-state index is 13.0. The molecule has 1 saturated heterocycles. The second kappa shape index (κ2) is 9.73. The highest BCUT2D eigenvalue weighted by molar-refractivity contribution is 5.79. The fraction of sp³-hybridized carbons (Fsp3) is 0.542. The lowest BCUT2D eigenvalue weighted by atomic mass is 9.93. The third kappa shape index (κ3) is 4.71. The predicted octanol–water partition coefficient (Wildman–Crippen LogP) is 4.27. The highest BCUT2D eigenvalue weighted by atomic mass is 19.1. The van der Waals surface area contributed by atoms with Gasteiger partial charge in [-0.25, -0.2) is 9.37 Å². The Balaban J connectivity index is 0.000000150. The smallest absolute Gasteiger partial charge is 0.256 e. The van der Waals surface area contributed by atoms with Gasteiger partial charge in [0, 0.05) is 41.6 Å². The molecule has 0 unspecified atom stereocenters. The van der Waals surface area contributed by atoms with E-state index in [1.54, 1.807) is 6.07 Å². The summed E-state index contributed by atoms with van der Waals surface area (Å²) >= 11 is 0. The van der Waals surface area contributed by atoms with Gasteiger partial charge in [-0.3, -0.25) is 9.36 Å². The first-order valence-electron chi connectivity index (χ1n) is 11.4. The summed E-state index contributed by atoms with van der Waals surface area (Å²) in [6.45, 7) is 6.95. The minimum Gasteiger partial charge on any atom is -0.356 e. The zero-order valence-corrected chi connectivity index (χ0v) is 18.4. The summed E-state index contributed by atoms with van der Waals surface area (Å²) in [6, 6.07) is 4.62. The average Bonchev–Trinajstić information content (AvgIpc) is 3.21. The molecular formula is C24H31FN4O2. The van der Waals surface area contributed by atoms with Gasteiger partial charge in [-0.05, 0) is 64.3 Å². The molecule has 0 saturated carbocycles. The molecule has 0 radical (unpaired) electrons. The molecule has 166 valence electrons. The molecule has 2 aliphatic heterocycles. The summed E-state index contributed by atoms with van der Waals surface area (Å²) in [6.07, 6.45) is 7.25. The molecule has 7 heteroatoms. The number of halogens is 1. The van der Waals surface area contributed by atoms with Gasteiger partial charge in [0.1, 0.15) is 11.6 Å². The van der Waals surface area contributed by atoms with Crippen LogP contribution in [0.4, 0.5) is 4.39 Å². The molecule has 31 heavy (non-hydrogen) atoms. The van der Waals surface area contributed by atoms with Crippen molar-refractivity contribution in [1.82, 2.24) is 20.0 Å². The third-order valence-corrected chi connectivity index (χ3v) is 6.27. The number of aryl methyl sites for hydroxylation is 2. The van der Waals surface area contributed by atoms with Gasteiger partial charge in [0.05, 0.1) is 5.69 Å². The van der Waals surface area contributed by atoms with Crippen molar-refractivity contribution in [2.24, 2.45) is 0 Å². The van der Waals surface area contributed by atoms with Crippen molar-refractivity contribution < 1.29 is 8.91 Å². The zero-order chi connectivity index (χ0) is 21.8. The summed E-state index contributed by atoms with van der Waals surface area (Å²) in [5.41, 5.74) is 3.60. The van der Waals surface area contributed by atoms with E-state index in [1.165, 1.54) is 18.6 Å². The second-order valence-electron chi connectivity index (χ2n) is 8.49. The van der Waals surface area contributed by atoms with E-state index < -0.39 is 0 Å². The molecule has 2 aromatic heterocycles. The van der Waals surface area contributed by atoms with Gasteiger partial charge in [0.15, 0.2) is 5.58 Å². The van der Waals surface area contributed by atoms with E-state index in [0.717, 1.165) is 86.3 Å². The van der Waals surface area contributed by atoms with Crippen molar-refractivity contribution in [3.8, 4) is 0 Å². The van der Waals surface area contributed by atoms with E-state index in [0.29, 0.717) is 11.5 Å². The van der Waals surface area contributed by atoms with Crippen LogP contribution < -0.4 is 10.9 Å². The van der Waals surface area contributed by atoms with Crippen molar-refractivity contribution in [3.63, 3.8) is 0 Å². The minimum atomic E-state index is -0.277. The highest BCUT2D eigenvalue weighted by Gasteiger charge is 2.21. The van der Waals surface area contributed by atoms with Crippen molar-refractivity contribution in [2.45, 2.75) is 71.3 Å². The Morgan fingerprint density at radius 3 is 2.84 bits per heavy atom. The van der Waals surface area contributed by atoms with Gasteiger partial charge in [0.25, 0.3) is 5.56 Å². The van der Waals surface area contributed by atoms with E-state index in [4.69, 9.17) is 4.52 Å². The zero-order valence-electron chi connectivity index (χ0n) is 18.4. The first-order valence-corrected chi connectivity index (χ1v) is 11.4. The average molecular weight is 427 g/mol. The Hall–Kier alpha value is -2.54.